The fraction of sp³-hybridized carbons (Fsp3) is 0.438. The van der Waals surface area contributed by atoms with Crippen LogP contribution in [0, 0.1) is 27.7 Å². The predicted octanol–water partition coefficient (Wildman–Crippen LogP) is 2.55. The normalized spacial score (nSPS) is 15.3. The number of aryl methyl sites for hydroxylation is 2. The van der Waals surface area contributed by atoms with Crippen molar-refractivity contribution in [3.63, 3.8) is 0 Å². The highest BCUT2D eigenvalue weighted by atomic mass is 16.1. The Bertz CT molecular complexity index is 695. The first-order valence-electron chi connectivity index (χ1n) is 6.86. The van der Waals surface area contributed by atoms with Gasteiger partial charge in [-0.15, -0.1) is 0 Å². The topological polar surface area (TPSA) is 34.0 Å². The molecule has 1 amide bonds. The fourth-order valence-electron chi connectivity index (χ4n) is 3.17. The number of rotatable bonds is 0. The first-order chi connectivity index (χ1) is 9.00. The largest absolute Gasteiger partial charge is 0.354 e. The van der Waals surface area contributed by atoms with Gasteiger partial charge in [-0.05, 0) is 56.0 Å². The first kappa shape index (κ1) is 12.3. The van der Waals surface area contributed by atoms with Gasteiger partial charge in [0.1, 0.15) is 0 Å². The lowest BCUT2D eigenvalue weighted by molar-refractivity contribution is -0.120. The van der Waals surface area contributed by atoms with E-state index in [4.69, 9.17) is 0 Å². The Labute approximate surface area is 113 Å². The molecule has 19 heavy (non-hydrogen) atoms. The lowest BCUT2D eigenvalue weighted by Gasteiger charge is -2.14. The monoisotopic (exact) mass is 256 g/mol. The van der Waals surface area contributed by atoms with Gasteiger partial charge in [0.05, 0.1) is 11.9 Å². The van der Waals surface area contributed by atoms with Gasteiger partial charge in [-0.3, -0.25) is 4.79 Å². The van der Waals surface area contributed by atoms with E-state index in [1.54, 1.807) is 0 Å². The average molecular weight is 256 g/mol. The molecule has 0 fully saturated rings. The summed E-state index contributed by atoms with van der Waals surface area (Å²) in [5, 5.41) is 4.25. The van der Waals surface area contributed by atoms with Crippen molar-refractivity contribution >= 4 is 16.8 Å². The number of nitrogens with zero attached hydrogens (tertiary/aromatic N) is 1. The molecule has 3 nitrogen and oxygen atoms in total. The second kappa shape index (κ2) is 4.12. The van der Waals surface area contributed by atoms with E-state index in [9.17, 15) is 4.79 Å². The molecular formula is C16H20N2O. The summed E-state index contributed by atoms with van der Waals surface area (Å²) in [4.78, 5) is 11.7. The van der Waals surface area contributed by atoms with Crippen molar-refractivity contribution in [1.29, 1.82) is 0 Å². The molecule has 3 rings (SSSR count). The quantitative estimate of drug-likeness (QED) is 0.772. The molecular weight excluding hydrogens is 236 g/mol. The van der Waals surface area contributed by atoms with Crippen molar-refractivity contribution in [3.8, 4) is 0 Å². The molecule has 1 aliphatic rings. The molecule has 1 aromatic carbocycles. The van der Waals surface area contributed by atoms with E-state index in [0.717, 1.165) is 18.8 Å². The highest BCUT2D eigenvalue weighted by Crippen LogP contribution is 2.32. The van der Waals surface area contributed by atoms with Crippen LogP contribution in [0.4, 0.5) is 0 Å². The Morgan fingerprint density at radius 2 is 1.74 bits per heavy atom. The maximum absolute atomic E-state index is 11.7. The Morgan fingerprint density at radius 3 is 2.47 bits per heavy atom. The second-order valence-corrected chi connectivity index (χ2v) is 5.58. The minimum absolute atomic E-state index is 0.130. The minimum atomic E-state index is 0.130. The zero-order valence-corrected chi connectivity index (χ0v) is 12.1. The van der Waals surface area contributed by atoms with Crippen LogP contribution in [0.3, 0.4) is 0 Å². The van der Waals surface area contributed by atoms with Crippen molar-refractivity contribution in [2.24, 2.45) is 0 Å². The van der Waals surface area contributed by atoms with Crippen molar-refractivity contribution in [1.82, 2.24) is 9.88 Å². The van der Waals surface area contributed by atoms with Gasteiger partial charge in [0.2, 0.25) is 5.91 Å². The van der Waals surface area contributed by atoms with Crippen LogP contribution < -0.4 is 5.32 Å². The fourth-order valence-corrected chi connectivity index (χ4v) is 3.17. The molecule has 0 bridgehead atoms. The molecule has 1 aromatic heterocycles. The summed E-state index contributed by atoms with van der Waals surface area (Å²) in [6, 6.07) is 2.20. The maximum atomic E-state index is 11.7. The van der Waals surface area contributed by atoms with Gasteiger partial charge in [-0.1, -0.05) is 0 Å². The van der Waals surface area contributed by atoms with Crippen molar-refractivity contribution in [2.45, 2.75) is 40.7 Å². The SMILES string of the molecule is Cc1c(C)c(C)c2c(cc3n2CCNC(=O)C3)c1C. The van der Waals surface area contributed by atoms with E-state index >= 15 is 0 Å². The van der Waals surface area contributed by atoms with Crippen LogP contribution in [0.15, 0.2) is 6.07 Å². The molecule has 0 aliphatic carbocycles. The van der Waals surface area contributed by atoms with Crippen LogP contribution in [0.1, 0.15) is 27.9 Å². The van der Waals surface area contributed by atoms with Crippen LogP contribution in [-0.2, 0) is 17.8 Å². The van der Waals surface area contributed by atoms with E-state index in [1.165, 1.54) is 33.2 Å². The Hall–Kier alpha value is -1.77. The van der Waals surface area contributed by atoms with E-state index in [2.05, 4.69) is 43.6 Å². The lowest BCUT2D eigenvalue weighted by atomic mass is 9.95. The van der Waals surface area contributed by atoms with E-state index in [1.807, 2.05) is 0 Å². The Balaban J connectivity index is 2.39. The first-order valence-corrected chi connectivity index (χ1v) is 6.86. The molecule has 1 aliphatic heterocycles. The van der Waals surface area contributed by atoms with E-state index in [0.29, 0.717) is 6.42 Å². The van der Waals surface area contributed by atoms with E-state index < -0.39 is 0 Å². The summed E-state index contributed by atoms with van der Waals surface area (Å²) in [7, 11) is 0. The summed E-state index contributed by atoms with van der Waals surface area (Å²) >= 11 is 0. The van der Waals surface area contributed by atoms with Gasteiger partial charge in [0.25, 0.3) is 0 Å². The van der Waals surface area contributed by atoms with Crippen LogP contribution in [0.5, 0.6) is 0 Å². The maximum Gasteiger partial charge on any atom is 0.225 e. The molecule has 1 N–H and O–H groups in total. The average Bonchev–Trinajstić information content (AvgIpc) is 2.63. The highest BCUT2D eigenvalue weighted by Gasteiger charge is 2.19. The molecule has 0 unspecified atom stereocenters. The molecule has 0 radical (unpaired) electrons. The van der Waals surface area contributed by atoms with Crippen LogP contribution in [0.25, 0.3) is 10.9 Å². The van der Waals surface area contributed by atoms with Crippen molar-refractivity contribution in [3.05, 3.63) is 34.0 Å². The Morgan fingerprint density at radius 1 is 1.05 bits per heavy atom. The molecule has 0 saturated carbocycles. The summed E-state index contributed by atoms with van der Waals surface area (Å²) in [6.45, 7) is 10.3. The van der Waals surface area contributed by atoms with Crippen molar-refractivity contribution < 1.29 is 4.79 Å². The van der Waals surface area contributed by atoms with Gasteiger partial charge in [0.15, 0.2) is 0 Å². The zero-order chi connectivity index (χ0) is 13.7. The predicted molar refractivity (Wildman–Crippen MR) is 77.6 cm³/mol. The standard InChI is InChI=1S/C16H20N2O/c1-9-10(2)12(4)16-14(11(9)3)7-13-8-15(19)17-5-6-18(13)16/h7H,5-6,8H2,1-4H3,(H,17,19). The summed E-state index contributed by atoms with van der Waals surface area (Å²) in [6.07, 6.45) is 0.492. The molecule has 2 heterocycles. The number of nitrogens with one attached hydrogen (secondary N) is 1. The Kier molecular flexibility index (Phi) is 2.66. The third kappa shape index (κ3) is 1.68. The third-order valence-electron chi connectivity index (χ3n) is 4.63. The summed E-state index contributed by atoms with van der Waals surface area (Å²) < 4.78 is 2.32. The number of carbonyl (C=O) groups is 1. The highest BCUT2D eigenvalue weighted by molar-refractivity contribution is 5.91. The number of carbonyl (C=O) groups excluding carboxylic acids is 1. The third-order valence-corrected chi connectivity index (χ3v) is 4.63. The molecule has 0 atom stereocenters. The van der Waals surface area contributed by atoms with Gasteiger partial charge in [-0.2, -0.15) is 0 Å². The van der Waals surface area contributed by atoms with Crippen LogP contribution >= 0.6 is 0 Å². The molecule has 0 saturated heterocycles. The number of fused-ring (bicyclic) bond motifs is 3. The summed E-state index contributed by atoms with van der Waals surface area (Å²) in [5.74, 6) is 0.130. The summed E-state index contributed by atoms with van der Waals surface area (Å²) in [5.41, 5.74) is 7.88. The van der Waals surface area contributed by atoms with Crippen LogP contribution in [0.2, 0.25) is 0 Å². The van der Waals surface area contributed by atoms with Gasteiger partial charge < -0.3 is 9.88 Å². The molecule has 2 aromatic rings. The lowest BCUT2D eigenvalue weighted by Crippen LogP contribution is -2.24. The zero-order valence-electron chi connectivity index (χ0n) is 12.1. The number of benzene rings is 1. The second-order valence-electron chi connectivity index (χ2n) is 5.58. The number of hydrogen-bond donors (Lipinski definition) is 1. The molecule has 100 valence electrons. The molecule has 3 heteroatoms. The number of amides is 1. The smallest absolute Gasteiger partial charge is 0.225 e. The van der Waals surface area contributed by atoms with Crippen molar-refractivity contribution in [2.75, 3.05) is 6.54 Å². The van der Waals surface area contributed by atoms with Crippen LogP contribution in [-0.4, -0.2) is 17.0 Å². The van der Waals surface area contributed by atoms with Gasteiger partial charge >= 0.3 is 0 Å². The number of aromatic nitrogens is 1. The molecule has 0 spiro atoms. The minimum Gasteiger partial charge on any atom is -0.354 e. The van der Waals surface area contributed by atoms with Gasteiger partial charge in [0, 0.05) is 24.2 Å². The van der Waals surface area contributed by atoms with Gasteiger partial charge in [-0.25, -0.2) is 0 Å². The van der Waals surface area contributed by atoms with E-state index in [-0.39, 0.29) is 5.91 Å². The number of hydrogen-bond acceptors (Lipinski definition) is 1.